The van der Waals surface area contributed by atoms with Crippen molar-refractivity contribution in [1.29, 1.82) is 0 Å². The van der Waals surface area contributed by atoms with E-state index in [0.29, 0.717) is 5.69 Å². The van der Waals surface area contributed by atoms with E-state index in [2.05, 4.69) is 10.2 Å². The lowest BCUT2D eigenvalue weighted by Crippen LogP contribution is -2.15. The van der Waals surface area contributed by atoms with Crippen molar-refractivity contribution >= 4 is 0 Å². The largest absolute Gasteiger partial charge is 0.319 e. The normalized spacial score (nSPS) is 12.3. The molecule has 0 aliphatic carbocycles. The minimum absolute atomic E-state index is 0.0510. The zero-order valence-corrected chi connectivity index (χ0v) is 10.9. The highest BCUT2D eigenvalue weighted by Gasteiger charge is 2.18. The maximum absolute atomic E-state index is 13.7. The molecule has 4 nitrogen and oxygen atoms in total. The van der Waals surface area contributed by atoms with Crippen molar-refractivity contribution in [2.45, 2.75) is 6.04 Å². The Morgan fingerprint density at radius 3 is 2.57 bits per heavy atom. The molecule has 0 spiro atoms. The van der Waals surface area contributed by atoms with Crippen molar-refractivity contribution in [2.24, 2.45) is 5.73 Å². The third-order valence-corrected chi connectivity index (χ3v) is 3.11. The van der Waals surface area contributed by atoms with Crippen LogP contribution in [0, 0.1) is 11.6 Å². The summed E-state index contributed by atoms with van der Waals surface area (Å²) in [7, 11) is 0. The number of halogens is 2. The van der Waals surface area contributed by atoms with Gasteiger partial charge in [-0.2, -0.15) is 15.0 Å². The molecule has 3 rings (SSSR count). The molecule has 0 amide bonds. The molecule has 0 radical (unpaired) electrons. The molecule has 6 heteroatoms. The Bertz CT molecular complexity index is 755. The molecule has 0 aliphatic heterocycles. The lowest BCUT2D eigenvalue weighted by Gasteiger charge is -2.09. The van der Waals surface area contributed by atoms with Gasteiger partial charge in [0.05, 0.1) is 17.9 Å². The Labute approximate surface area is 119 Å². The number of nitrogens with zero attached hydrogens (tertiary/aromatic N) is 3. The van der Waals surface area contributed by atoms with Gasteiger partial charge in [0.15, 0.2) is 0 Å². The van der Waals surface area contributed by atoms with Crippen molar-refractivity contribution in [3.8, 4) is 5.69 Å². The van der Waals surface area contributed by atoms with Crippen molar-refractivity contribution < 1.29 is 8.78 Å². The first kappa shape index (κ1) is 13.4. The number of benzene rings is 2. The van der Waals surface area contributed by atoms with E-state index in [4.69, 9.17) is 5.73 Å². The van der Waals surface area contributed by atoms with Crippen molar-refractivity contribution in [3.05, 3.63) is 77.6 Å². The Kier molecular flexibility index (Phi) is 3.45. The maximum atomic E-state index is 13.7. The predicted octanol–water partition coefficient (Wildman–Crippen LogP) is 2.59. The van der Waals surface area contributed by atoms with Crippen LogP contribution in [0.2, 0.25) is 0 Å². The van der Waals surface area contributed by atoms with Gasteiger partial charge in [-0.1, -0.05) is 18.2 Å². The molecule has 0 aliphatic rings. The molecule has 1 atom stereocenters. The lowest BCUT2D eigenvalue weighted by atomic mass is 10.0. The average molecular weight is 286 g/mol. The maximum Gasteiger partial charge on any atom is 0.128 e. The number of para-hydroxylation sites is 1. The molecule has 2 N–H and O–H groups in total. The number of aromatic nitrogens is 3. The molecule has 2 aromatic carbocycles. The molecule has 1 heterocycles. The Morgan fingerprint density at radius 2 is 1.81 bits per heavy atom. The third kappa shape index (κ3) is 2.66. The second kappa shape index (κ2) is 5.41. The van der Waals surface area contributed by atoms with Crippen LogP contribution in [0.25, 0.3) is 5.69 Å². The number of hydrogen-bond acceptors (Lipinski definition) is 3. The van der Waals surface area contributed by atoms with Gasteiger partial charge < -0.3 is 5.73 Å². The van der Waals surface area contributed by atoms with Gasteiger partial charge in [-0.15, -0.1) is 0 Å². The summed E-state index contributed by atoms with van der Waals surface area (Å²) >= 11 is 0. The molecule has 106 valence electrons. The molecule has 0 saturated carbocycles. The SMILES string of the molecule is NC(c1cnn(-c2ccccc2)n1)c1cc(F)ccc1F. The third-order valence-electron chi connectivity index (χ3n) is 3.11. The predicted molar refractivity (Wildman–Crippen MR) is 73.7 cm³/mol. The lowest BCUT2D eigenvalue weighted by molar-refractivity contribution is 0.573. The van der Waals surface area contributed by atoms with E-state index in [1.165, 1.54) is 11.0 Å². The molecule has 0 fully saturated rings. The highest BCUT2D eigenvalue weighted by atomic mass is 19.1. The molecule has 1 aromatic heterocycles. The minimum atomic E-state index is -0.877. The first-order valence-electron chi connectivity index (χ1n) is 6.33. The van der Waals surface area contributed by atoms with Crippen LogP contribution in [-0.2, 0) is 0 Å². The van der Waals surface area contributed by atoms with Gasteiger partial charge in [0.2, 0.25) is 0 Å². The van der Waals surface area contributed by atoms with E-state index in [0.717, 1.165) is 23.9 Å². The number of hydrogen-bond donors (Lipinski definition) is 1. The van der Waals surface area contributed by atoms with E-state index in [9.17, 15) is 8.78 Å². The summed E-state index contributed by atoms with van der Waals surface area (Å²) in [6.45, 7) is 0. The molecular formula is C15H12F2N4. The van der Waals surface area contributed by atoms with Crippen LogP contribution in [0.1, 0.15) is 17.3 Å². The molecule has 0 bridgehead atoms. The van der Waals surface area contributed by atoms with Crippen molar-refractivity contribution in [3.63, 3.8) is 0 Å². The smallest absolute Gasteiger partial charge is 0.128 e. The van der Waals surface area contributed by atoms with E-state index in [1.54, 1.807) is 0 Å². The van der Waals surface area contributed by atoms with Crippen molar-refractivity contribution in [1.82, 2.24) is 15.0 Å². The summed E-state index contributed by atoms with van der Waals surface area (Å²) in [5.41, 5.74) is 7.13. The Morgan fingerprint density at radius 1 is 1.05 bits per heavy atom. The van der Waals surface area contributed by atoms with E-state index in [-0.39, 0.29) is 5.56 Å². The van der Waals surface area contributed by atoms with Crippen LogP contribution in [-0.4, -0.2) is 15.0 Å². The van der Waals surface area contributed by atoms with Crippen molar-refractivity contribution in [2.75, 3.05) is 0 Å². The Balaban J connectivity index is 1.94. The molecule has 1 unspecified atom stereocenters. The monoisotopic (exact) mass is 286 g/mol. The fourth-order valence-electron chi connectivity index (χ4n) is 2.02. The topological polar surface area (TPSA) is 56.7 Å². The summed E-state index contributed by atoms with van der Waals surface area (Å²) in [4.78, 5) is 1.40. The minimum Gasteiger partial charge on any atom is -0.319 e. The van der Waals surface area contributed by atoms with Crippen LogP contribution < -0.4 is 5.73 Å². The average Bonchev–Trinajstić information content (AvgIpc) is 3.00. The van der Waals surface area contributed by atoms with Gasteiger partial charge in [0, 0.05) is 5.56 Å². The molecule has 21 heavy (non-hydrogen) atoms. The first-order chi connectivity index (χ1) is 10.1. The van der Waals surface area contributed by atoms with Crippen LogP contribution in [0.4, 0.5) is 8.78 Å². The molecule has 0 saturated heterocycles. The quantitative estimate of drug-likeness (QED) is 0.805. The number of nitrogens with two attached hydrogens (primary N) is 1. The molecular weight excluding hydrogens is 274 g/mol. The highest BCUT2D eigenvalue weighted by Crippen LogP contribution is 2.21. The summed E-state index contributed by atoms with van der Waals surface area (Å²) in [6, 6.07) is 11.5. The van der Waals surface area contributed by atoms with Crippen LogP contribution in [0.3, 0.4) is 0 Å². The standard InChI is InChI=1S/C15H12F2N4/c16-10-6-7-13(17)12(8-10)15(18)14-9-19-21(20-14)11-4-2-1-3-5-11/h1-9,15H,18H2. The highest BCUT2D eigenvalue weighted by molar-refractivity contribution is 5.31. The van der Waals surface area contributed by atoms with Gasteiger partial charge in [0.25, 0.3) is 0 Å². The van der Waals surface area contributed by atoms with Gasteiger partial charge >= 0.3 is 0 Å². The zero-order chi connectivity index (χ0) is 14.8. The van der Waals surface area contributed by atoms with Gasteiger partial charge in [-0.3, -0.25) is 0 Å². The summed E-state index contributed by atoms with van der Waals surface area (Å²) < 4.78 is 27.0. The van der Waals surface area contributed by atoms with Crippen LogP contribution in [0.5, 0.6) is 0 Å². The molecule has 3 aromatic rings. The fraction of sp³-hybridized carbons (Fsp3) is 0.0667. The van der Waals surface area contributed by atoms with Crippen LogP contribution in [0.15, 0.2) is 54.7 Å². The first-order valence-corrected chi connectivity index (χ1v) is 6.33. The zero-order valence-electron chi connectivity index (χ0n) is 10.9. The Hall–Kier alpha value is -2.60. The van der Waals surface area contributed by atoms with Crippen LogP contribution >= 0.6 is 0 Å². The fourth-order valence-corrected chi connectivity index (χ4v) is 2.02. The summed E-state index contributed by atoms with van der Waals surface area (Å²) in [5, 5.41) is 8.31. The van der Waals surface area contributed by atoms with Gasteiger partial charge in [0.1, 0.15) is 17.3 Å². The van der Waals surface area contributed by atoms with E-state index < -0.39 is 17.7 Å². The second-order valence-electron chi connectivity index (χ2n) is 4.54. The van der Waals surface area contributed by atoms with E-state index >= 15 is 0 Å². The summed E-state index contributed by atoms with van der Waals surface area (Å²) in [5.74, 6) is -1.12. The number of rotatable bonds is 3. The summed E-state index contributed by atoms with van der Waals surface area (Å²) in [6.07, 6.45) is 1.45. The second-order valence-corrected chi connectivity index (χ2v) is 4.54. The van der Waals surface area contributed by atoms with Gasteiger partial charge in [-0.25, -0.2) is 8.78 Å². The van der Waals surface area contributed by atoms with E-state index in [1.807, 2.05) is 30.3 Å². The van der Waals surface area contributed by atoms with Gasteiger partial charge in [-0.05, 0) is 30.3 Å².